The van der Waals surface area contributed by atoms with Crippen molar-refractivity contribution in [2.24, 2.45) is 0 Å². The van der Waals surface area contributed by atoms with Crippen LogP contribution in [0, 0.1) is 0 Å². The van der Waals surface area contributed by atoms with E-state index in [-0.39, 0.29) is 11.8 Å². The second kappa shape index (κ2) is 6.99. The third-order valence-electron chi connectivity index (χ3n) is 4.44. The number of furan rings is 1. The standard InChI is InChI=1S/C18H23NO4S/c1-3-24(20,21)18-9-5-4-7-16(18)19-12-6-8-15(19)17-11-10-14(23-17)13-22-2/h4-5,7,9-11,15H,3,6,8,12-13H2,1-2H3/t15-/m0/s1. The van der Waals surface area contributed by atoms with E-state index in [0.29, 0.717) is 11.5 Å². The average Bonchev–Trinajstić information content (AvgIpc) is 3.24. The maximum absolute atomic E-state index is 12.4. The Balaban J connectivity index is 1.97. The first-order chi connectivity index (χ1) is 11.6. The monoisotopic (exact) mass is 349 g/mol. The summed E-state index contributed by atoms with van der Waals surface area (Å²) in [5.41, 5.74) is 0.770. The van der Waals surface area contributed by atoms with E-state index < -0.39 is 9.84 Å². The second-order valence-electron chi connectivity index (χ2n) is 5.96. The zero-order valence-electron chi connectivity index (χ0n) is 14.1. The number of methoxy groups -OCH3 is 1. The summed E-state index contributed by atoms with van der Waals surface area (Å²) in [6.45, 7) is 2.94. The highest BCUT2D eigenvalue weighted by Gasteiger charge is 2.32. The molecule has 1 saturated heterocycles. The van der Waals surface area contributed by atoms with E-state index in [0.717, 1.165) is 36.6 Å². The normalized spacial score (nSPS) is 18.2. The highest BCUT2D eigenvalue weighted by atomic mass is 32.2. The molecule has 1 aliphatic heterocycles. The van der Waals surface area contributed by atoms with Gasteiger partial charge in [0, 0.05) is 13.7 Å². The lowest BCUT2D eigenvalue weighted by Crippen LogP contribution is -2.24. The zero-order chi connectivity index (χ0) is 17.2. The van der Waals surface area contributed by atoms with Gasteiger partial charge in [-0.3, -0.25) is 0 Å². The Labute approximate surface area is 143 Å². The van der Waals surface area contributed by atoms with Crippen LogP contribution in [0.2, 0.25) is 0 Å². The van der Waals surface area contributed by atoms with Crippen molar-refractivity contribution in [2.45, 2.75) is 37.3 Å². The van der Waals surface area contributed by atoms with Gasteiger partial charge in [0.1, 0.15) is 18.1 Å². The van der Waals surface area contributed by atoms with Crippen LogP contribution in [0.4, 0.5) is 5.69 Å². The molecular weight excluding hydrogens is 326 g/mol. The number of ether oxygens (including phenoxy) is 1. The van der Waals surface area contributed by atoms with Crippen LogP contribution < -0.4 is 4.90 Å². The summed E-state index contributed by atoms with van der Waals surface area (Å²) in [6.07, 6.45) is 1.95. The first-order valence-corrected chi connectivity index (χ1v) is 9.88. The number of para-hydroxylation sites is 1. The highest BCUT2D eigenvalue weighted by Crippen LogP contribution is 2.39. The van der Waals surface area contributed by atoms with Crippen LogP contribution in [0.5, 0.6) is 0 Å². The Morgan fingerprint density at radius 3 is 2.79 bits per heavy atom. The van der Waals surface area contributed by atoms with Crippen molar-refractivity contribution >= 4 is 15.5 Å². The van der Waals surface area contributed by atoms with Crippen molar-refractivity contribution in [3.05, 3.63) is 47.9 Å². The number of anilines is 1. The summed E-state index contributed by atoms with van der Waals surface area (Å²) in [4.78, 5) is 2.56. The Hall–Kier alpha value is -1.79. The predicted octanol–water partition coefficient (Wildman–Crippen LogP) is 3.56. The molecule has 24 heavy (non-hydrogen) atoms. The minimum absolute atomic E-state index is 0.0591. The zero-order valence-corrected chi connectivity index (χ0v) is 14.9. The quantitative estimate of drug-likeness (QED) is 0.798. The van der Waals surface area contributed by atoms with Gasteiger partial charge in [-0.25, -0.2) is 8.42 Å². The summed E-state index contributed by atoms with van der Waals surface area (Å²) >= 11 is 0. The van der Waals surface area contributed by atoms with Crippen molar-refractivity contribution in [1.82, 2.24) is 0 Å². The number of rotatable bonds is 6. The molecule has 6 heteroatoms. The van der Waals surface area contributed by atoms with E-state index >= 15 is 0 Å². The maximum atomic E-state index is 12.4. The van der Waals surface area contributed by atoms with Gasteiger partial charge in [0.05, 0.1) is 22.4 Å². The molecule has 2 aromatic rings. The first kappa shape index (κ1) is 17.0. The SMILES string of the molecule is CCS(=O)(=O)c1ccccc1N1CCC[C@H]1c1ccc(COC)o1. The van der Waals surface area contributed by atoms with Gasteiger partial charge in [-0.05, 0) is 37.1 Å². The van der Waals surface area contributed by atoms with Crippen molar-refractivity contribution in [3.8, 4) is 0 Å². The minimum Gasteiger partial charge on any atom is -0.461 e. The molecule has 0 aliphatic carbocycles. The molecule has 1 atom stereocenters. The molecule has 0 spiro atoms. The third kappa shape index (κ3) is 3.21. The van der Waals surface area contributed by atoms with Gasteiger partial charge in [-0.2, -0.15) is 0 Å². The predicted molar refractivity (Wildman–Crippen MR) is 92.9 cm³/mol. The maximum Gasteiger partial charge on any atom is 0.180 e. The van der Waals surface area contributed by atoms with Crippen LogP contribution in [0.3, 0.4) is 0 Å². The fraction of sp³-hybridized carbons (Fsp3) is 0.444. The Bertz CT molecular complexity index is 797. The lowest BCUT2D eigenvalue weighted by atomic mass is 10.1. The first-order valence-electron chi connectivity index (χ1n) is 8.22. The van der Waals surface area contributed by atoms with Gasteiger partial charge >= 0.3 is 0 Å². The fourth-order valence-corrected chi connectivity index (χ4v) is 4.36. The van der Waals surface area contributed by atoms with Crippen LogP contribution in [-0.4, -0.2) is 27.8 Å². The number of benzene rings is 1. The van der Waals surface area contributed by atoms with E-state index in [1.807, 2.05) is 24.3 Å². The smallest absolute Gasteiger partial charge is 0.180 e. The van der Waals surface area contributed by atoms with Gasteiger partial charge in [-0.1, -0.05) is 19.1 Å². The molecule has 3 rings (SSSR count). The van der Waals surface area contributed by atoms with Crippen molar-refractivity contribution < 1.29 is 17.6 Å². The number of hydrogen-bond acceptors (Lipinski definition) is 5. The summed E-state index contributed by atoms with van der Waals surface area (Å²) in [5, 5.41) is 0. The van der Waals surface area contributed by atoms with Crippen LogP contribution in [0.1, 0.15) is 37.3 Å². The Morgan fingerprint density at radius 2 is 2.04 bits per heavy atom. The van der Waals surface area contributed by atoms with Gasteiger partial charge in [-0.15, -0.1) is 0 Å². The molecule has 130 valence electrons. The van der Waals surface area contributed by atoms with Crippen LogP contribution in [0.25, 0.3) is 0 Å². The molecule has 0 amide bonds. The lowest BCUT2D eigenvalue weighted by molar-refractivity contribution is 0.162. The van der Waals surface area contributed by atoms with Crippen LogP contribution >= 0.6 is 0 Å². The molecule has 0 radical (unpaired) electrons. The van der Waals surface area contributed by atoms with Gasteiger partial charge in [0.2, 0.25) is 0 Å². The van der Waals surface area contributed by atoms with Gasteiger partial charge < -0.3 is 14.1 Å². The molecule has 1 aliphatic rings. The number of nitrogens with zero attached hydrogens (tertiary/aromatic N) is 1. The van der Waals surface area contributed by atoms with Crippen molar-refractivity contribution in [1.29, 1.82) is 0 Å². The molecule has 1 fully saturated rings. The molecular formula is C18H23NO4S. The minimum atomic E-state index is -3.27. The topological polar surface area (TPSA) is 59.8 Å². The molecule has 0 saturated carbocycles. The van der Waals surface area contributed by atoms with E-state index in [4.69, 9.17) is 9.15 Å². The Kier molecular flexibility index (Phi) is 4.96. The van der Waals surface area contributed by atoms with Gasteiger partial charge in [0.15, 0.2) is 9.84 Å². The highest BCUT2D eigenvalue weighted by molar-refractivity contribution is 7.91. The van der Waals surface area contributed by atoms with Crippen LogP contribution in [0.15, 0.2) is 45.7 Å². The molecule has 2 heterocycles. The van der Waals surface area contributed by atoms with Crippen LogP contribution in [-0.2, 0) is 21.2 Å². The largest absolute Gasteiger partial charge is 0.461 e. The molecule has 0 bridgehead atoms. The van der Waals surface area contributed by atoms with Gasteiger partial charge in [0.25, 0.3) is 0 Å². The molecule has 5 nitrogen and oxygen atoms in total. The third-order valence-corrected chi connectivity index (χ3v) is 6.22. The second-order valence-corrected chi connectivity index (χ2v) is 8.21. The fourth-order valence-electron chi connectivity index (χ4n) is 3.26. The van der Waals surface area contributed by atoms with Crippen molar-refractivity contribution in [2.75, 3.05) is 24.3 Å². The average molecular weight is 349 g/mol. The number of sulfone groups is 1. The Morgan fingerprint density at radius 1 is 1.25 bits per heavy atom. The summed E-state index contributed by atoms with van der Waals surface area (Å²) < 4.78 is 35.9. The summed E-state index contributed by atoms with van der Waals surface area (Å²) in [7, 11) is -1.63. The van der Waals surface area contributed by atoms with E-state index in [1.54, 1.807) is 26.2 Å². The summed E-state index contributed by atoms with van der Waals surface area (Å²) in [6, 6.07) is 11.2. The van der Waals surface area contributed by atoms with Crippen molar-refractivity contribution in [3.63, 3.8) is 0 Å². The molecule has 1 aromatic heterocycles. The van der Waals surface area contributed by atoms with E-state index in [9.17, 15) is 8.42 Å². The number of hydrogen-bond donors (Lipinski definition) is 0. The lowest BCUT2D eigenvalue weighted by Gasteiger charge is -2.27. The molecule has 0 N–H and O–H groups in total. The van der Waals surface area contributed by atoms with E-state index in [1.165, 1.54) is 0 Å². The van der Waals surface area contributed by atoms with E-state index in [2.05, 4.69) is 4.90 Å². The molecule has 0 unspecified atom stereocenters. The summed E-state index contributed by atoms with van der Waals surface area (Å²) in [5.74, 6) is 1.75. The molecule has 1 aromatic carbocycles.